The number of rotatable bonds is 7. The number of aliphatic hydroxyl groups excluding tert-OH is 1. The highest BCUT2D eigenvalue weighted by atomic mass is 35.5. The molecule has 14 heteroatoms. The first-order valence-corrected chi connectivity index (χ1v) is 14.3. The summed E-state index contributed by atoms with van der Waals surface area (Å²) >= 11 is 12.6. The molecule has 1 atom stereocenters. The number of carbonyl (C=O) groups excluding carboxylic acids is 2. The highest BCUT2D eigenvalue weighted by Crippen LogP contribution is 2.44. The minimum Gasteiger partial charge on any atom is -0.503 e. The number of amides is 1. The molecule has 4 aromatic rings. The van der Waals surface area contributed by atoms with E-state index in [1.54, 1.807) is 24.3 Å². The first kappa shape index (κ1) is 27.5. The zero-order chi connectivity index (χ0) is 28.8. The molecule has 0 spiro atoms. The lowest BCUT2D eigenvalue weighted by Gasteiger charge is -2.24. The fraction of sp³-hybridized carbons (Fsp3) is 0.0385. The van der Waals surface area contributed by atoms with Crippen LogP contribution in [0.1, 0.15) is 22.0 Å². The Labute approximate surface area is 240 Å². The molecule has 40 heavy (non-hydrogen) atoms. The highest BCUT2D eigenvalue weighted by molar-refractivity contribution is 7.93. The standard InChI is InChI=1S/C26H15Cl2N3O7S2/c27-16-5-1-14(2-6-16)22-21(23(32)15-3-7-17(28)8-4-15)24(33)25(34)30(22)26-29-13-20(39-26)40(37,38)19-11-9-18(10-12-19)31(35)36/h1-13,22,33H. The van der Waals surface area contributed by atoms with Crippen LogP contribution in [0.4, 0.5) is 10.8 Å². The van der Waals surface area contributed by atoms with Crippen LogP contribution in [0.15, 0.2) is 99.4 Å². The van der Waals surface area contributed by atoms with Gasteiger partial charge in [0.2, 0.25) is 9.84 Å². The summed E-state index contributed by atoms with van der Waals surface area (Å²) in [6, 6.07) is 15.3. The number of benzene rings is 3. The number of halogens is 2. The topological polar surface area (TPSA) is 148 Å². The molecular formula is C26H15Cl2N3O7S2. The molecule has 1 aliphatic rings. The number of non-ortho nitro benzene ring substituents is 1. The minimum atomic E-state index is -4.16. The van der Waals surface area contributed by atoms with Crippen LogP contribution in [-0.4, -0.2) is 35.1 Å². The molecule has 0 aliphatic carbocycles. The molecule has 0 saturated heterocycles. The van der Waals surface area contributed by atoms with E-state index in [9.17, 15) is 33.2 Å². The van der Waals surface area contributed by atoms with Crippen LogP contribution in [0.3, 0.4) is 0 Å². The number of nitrogens with zero attached hydrogens (tertiary/aromatic N) is 3. The average molecular weight is 616 g/mol. The third-order valence-electron chi connectivity index (χ3n) is 6.05. The van der Waals surface area contributed by atoms with E-state index < -0.39 is 38.3 Å². The van der Waals surface area contributed by atoms with Gasteiger partial charge in [0.15, 0.2) is 16.7 Å². The number of hydrogen-bond donors (Lipinski definition) is 1. The molecule has 1 aliphatic heterocycles. The van der Waals surface area contributed by atoms with Crippen LogP contribution in [0.2, 0.25) is 10.0 Å². The van der Waals surface area contributed by atoms with Crippen molar-refractivity contribution in [3.05, 3.63) is 122 Å². The van der Waals surface area contributed by atoms with E-state index in [0.717, 1.165) is 35.4 Å². The predicted molar refractivity (Wildman–Crippen MR) is 148 cm³/mol. The van der Waals surface area contributed by atoms with Crippen LogP contribution in [0.5, 0.6) is 0 Å². The molecule has 1 N–H and O–H groups in total. The normalized spacial score (nSPS) is 15.5. The van der Waals surface area contributed by atoms with Gasteiger partial charge in [0.05, 0.1) is 27.6 Å². The zero-order valence-corrected chi connectivity index (χ0v) is 23.0. The molecule has 202 valence electrons. The molecule has 5 rings (SSSR count). The van der Waals surface area contributed by atoms with Gasteiger partial charge in [-0.05, 0) is 54.1 Å². The SMILES string of the molecule is O=C(C1=C(O)C(=O)N(c2ncc(S(=O)(=O)c3ccc([N+](=O)[O-])cc3)s2)C1c1ccc(Cl)cc1)c1ccc(Cl)cc1. The van der Waals surface area contributed by atoms with Gasteiger partial charge in [0.25, 0.3) is 11.6 Å². The number of aromatic nitrogens is 1. The summed E-state index contributed by atoms with van der Waals surface area (Å²) in [6.07, 6.45) is 1.04. The first-order chi connectivity index (χ1) is 19.0. The number of ketones is 1. The molecule has 3 aromatic carbocycles. The predicted octanol–water partition coefficient (Wildman–Crippen LogP) is 5.97. The second-order valence-corrected chi connectivity index (χ2v) is 12.5. The van der Waals surface area contributed by atoms with Gasteiger partial charge in [-0.1, -0.05) is 46.7 Å². The Morgan fingerprint density at radius 1 is 0.975 bits per heavy atom. The number of aliphatic hydroxyl groups is 1. The maximum atomic E-state index is 13.5. The van der Waals surface area contributed by atoms with Crippen molar-refractivity contribution in [2.45, 2.75) is 15.1 Å². The van der Waals surface area contributed by atoms with Gasteiger partial charge >= 0.3 is 0 Å². The quantitative estimate of drug-likeness (QED) is 0.152. The largest absolute Gasteiger partial charge is 0.503 e. The molecule has 0 fully saturated rings. The third kappa shape index (κ3) is 4.86. The molecule has 1 aromatic heterocycles. The van der Waals surface area contributed by atoms with E-state index >= 15 is 0 Å². The van der Waals surface area contributed by atoms with Gasteiger partial charge < -0.3 is 5.11 Å². The maximum absolute atomic E-state index is 13.5. The van der Waals surface area contributed by atoms with E-state index in [4.69, 9.17) is 23.2 Å². The van der Waals surface area contributed by atoms with Gasteiger partial charge in [0, 0.05) is 27.7 Å². The number of anilines is 1. The molecule has 1 unspecified atom stereocenters. The lowest BCUT2D eigenvalue weighted by atomic mass is 9.93. The zero-order valence-electron chi connectivity index (χ0n) is 19.9. The van der Waals surface area contributed by atoms with Crippen LogP contribution < -0.4 is 4.90 Å². The van der Waals surface area contributed by atoms with Gasteiger partial charge in [0.1, 0.15) is 4.21 Å². The molecule has 0 radical (unpaired) electrons. The van der Waals surface area contributed by atoms with E-state index in [2.05, 4.69) is 4.98 Å². The van der Waals surface area contributed by atoms with Gasteiger partial charge in [-0.15, -0.1) is 0 Å². The Morgan fingerprint density at radius 3 is 2.12 bits per heavy atom. The number of thiazole rings is 1. The summed E-state index contributed by atoms with van der Waals surface area (Å²) in [5.41, 5.74) is 0.0655. The van der Waals surface area contributed by atoms with Crippen molar-refractivity contribution in [1.29, 1.82) is 0 Å². The molecule has 10 nitrogen and oxygen atoms in total. The summed E-state index contributed by atoms with van der Waals surface area (Å²) in [7, 11) is -4.16. The summed E-state index contributed by atoms with van der Waals surface area (Å²) in [6.45, 7) is 0. The van der Waals surface area contributed by atoms with Crippen molar-refractivity contribution in [2.24, 2.45) is 0 Å². The number of nitro groups is 1. The van der Waals surface area contributed by atoms with E-state index in [1.807, 2.05) is 0 Å². The summed E-state index contributed by atoms with van der Waals surface area (Å²) in [5, 5.41) is 22.5. The van der Waals surface area contributed by atoms with Gasteiger partial charge in [-0.3, -0.25) is 24.6 Å². The lowest BCUT2D eigenvalue weighted by molar-refractivity contribution is -0.384. The van der Waals surface area contributed by atoms with E-state index in [0.29, 0.717) is 26.9 Å². The van der Waals surface area contributed by atoms with Crippen molar-refractivity contribution in [2.75, 3.05) is 4.90 Å². The molecule has 0 bridgehead atoms. The number of Topliss-reactive ketones (excluding diaryl/α,β-unsaturated/α-hetero) is 1. The van der Waals surface area contributed by atoms with Crippen LogP contribution in [0.25, 0.3) is 0 Å². The summed E-state index contributed by atoms with van der Waals surface area (Å²) in [5.74, 6) is -2.40. The number of hydrogen-bond acceptors (Lipinski definition) is 9. The fourth-order valence-electron chi connectivity index (χ4n) is 4.10. The monoisotopic (exact) mass is 615 g/mol. The maximum Gasteiger partial charge on any atom is 0.296 e. The molecule has 1 amide bonds. The second-order valence-electron chi connectivity index (χ2n) is 8.44. The number of carbonyl (C=O) groups is 2. The van der Waals surface area contributed by atoms with Crippen LogP contribution >= 0.6 is 34.5 Å². The average Bonchev–Trinajstić information content (AvgIpc) is 3.53. The molecule has 0 saturated carbocycles. The van der Waals surface area contributed by atoms with E-state index in [1.165, 1.54) is 24.3 Å². The Morgan fingerprint density at radius 2 is 1.55 bits per heavy atom. The molecule has 2 heterocycles. The second kappa shape index (κ2) is 10.5. The Kier molecular flexibility index (Phi) is 7.19. The van der Waals surface area contributed by atoms with Crippen LogP contribution in [0, 0.1) is 10.1 Å². The van der Waals surface area contributed by atoms with Crippen molar-refractivity contribution in [3.8, 4) is 0 Å². The lowest BCUT2D eigenvalue weighted by Crippen LogP contribution is -2.30. The Hall–Kier alpha value is -4.10. The Balaban J connectivity index is 1.58. The first-order valence-electron chi connectivity index (χ1n) is 11.3. The summed E-state index contributed by atoms with van der Waals surface area (Å²) < 4.78 is 26.2. The van der Waals surface area contributed by atoms with Crippen molar-refractivity contribution >= 4 is 66.9 Å². The van der Waals surface area contributed by atoms with Crippen molar-refractivity contribution in [3.63, 3.8) is 0 Å². The number of nitro benzene ring substituents is 1. The van der Waals surface area contributed by atoms with E-state index in [-0.39, 0.29) is 31.1 Å². The number of sulfone groups is 1. The third-order valence-corrected chi connectivity index (χ3v) is 9.78. The van der Waals surface area contributed by atoms with Crippen molar-refractivity contribution < 1.29 is 28.0 Å². The molecular weight excluding hydrogens is 601 g/mol. The highest BCUT2D eigenvalue weighted by Gasteiger charge is 2.46. The fourth-order valence-corrected chi connectivity index (χ4v) is 6.90. The minimum absolute atomic E-state index is 0.101. The van der Waals surface area contributed by atoms with Gasteiger partial charge in [-0.25, -0.2) is 13.4 Å². The smallest absolute Gasteiger partial charge is 0.296 e. The van der Waals surface area contributed by atoms with Gasteiger partial charge in [-0.2, -0.15) is 0 Å². The summed E-state index contributed by atoms with van der Waals surface area (Å²) in [4.78, 5) is 42.1. The Bertz CT molecular complexity index is 1800. The van der Waals surface area contributed by atoms with Crippen LogP contribution in [-0.2, 0) is 14.6 Å². The van der Waals surface area contributed by atoms with Crippen molar-refractivity contribution in [1.82, 2.24) is 4.98 Å².